The lowest BCUT2D eigenvalue weighted by atomic mass is 9.99. The van der Waals surface area contributed by atoms with Crippen molar-refractivity contribution in [1.82, 2.24) is 4.90 Å². The van der Waals surface area contributed by atoms with Crippen molar-refractivity contribution >= 4 is 17.9 Å². The lowest BCUT2D eigenvalue weighted by Gasteiger charge is -2.31. The molecule has 1 aromatic rings. The van der Waals surface area contributed by atoms with Crippen molar-refractivity contribution in [3.63, 3.8) is 0 Å². The van der Waals surface area contributed by atoms with Crippen molar-refractivity contribution in [1.29, 1.82) is 0 Å². The summed E-state index contributed by atoms with van der Waals surface area (Å²) in [7, 11) is 0. The van der Waals surface area contributed by atoms with E-state index in [-0.39, 0.29) is 12.2 Å². The van der Waals surface area contributed by atoms with Gasteiger partial charge in [-0.2, -0.15) is 0 Å². The van der Waals surface area contributed by atoms with E-state index in [9.17, 15) is 9.59 Å². The van der Waals surface area contributed by atoms with Crippen LogP contribution in [0.4, 0.5) is 15.3 Å². The van der Waals surface area contributed by atoms with Crippen LogP contribution in [0.3, 0.4) is 0 Å². The molecule has 0 bridgehead atoms. The number of carbonyl (C=O) groups excluding carboxylic acids is 2. The van der Waals surface area contributed by atoms with Gasteiger partial charge in [-0.1, -0.05) is 6.07 Å². The number of ether oxygens (including phenoxy) is 2. The fraction of sp³-hybridized carbons (Fsp3) is 0.529. The highest BCUT2D eigenvalue weighted by Crippen LogP contribution is 2.27. The monoisotopic (exact) mass is 318 g/mol. The first-order chi connectivity index (χ1) is 10.8. The SMILES string of the molecule is CC(C)(C)OC(=O)N1CCc2ccc(N3CCOC3=O)cc2C1. The summed E-state index contributed by atoms with van der Waals surface area (Å²) in [6.07, 6.45) is 0.179. The van der Waals surface area contributed by atoms with Crippen molar-refractivity contribution in [2.24, 2.45) is 0 Å². The topological polar surface area (TPSA) is 59.1 Å². The Labute approximate surface area is 136 Å². The van der Waals surface area contributed by atoms with Gasteiger partial charge in [0.2, 0.25) is 0 Å². The lowest BCUT2D eigenvalue weighted by Crippen LogP contribution is -2.40. The zero-order chi connectivity index (χ0) is 16.6. The third-order valence-electron chi connectivity index (χ3n) is 3.93. The average molecular weight is 318 g/mol. The van der Waals surface area contributed by atoms with Gasteiger partial charge in [0.05, 0.1) is 6.54 Å². The predicted octanol–water partition coefficient (Wildman–Crippen LogP) is 2.94. The second-order valence-corrected chi connectivity index (χ2v) is 6.87. The molecule has 2 amide bonds. The third kappa shape index (κ3) is 3.41. The van der Waals surface area contributed by atoms with E-state index in [2.05, 4.69) is 0 Å². The zero-order valence-corrected chi connectivity index (χ0v) is 13.8. The largest absolute Gasteiger partial charge is 0.447 e. The highest BCUT2D eigenvalue weighted by molar-refractivity contribution is 5.89. The Hall–Kier alpha value is -2.24. The number of hydrogen-bond acceptors (Lipinski definition) is 4. The van der Waals surface area contributed by atoms with Crippen molar-refractivity contribution in [2.45, 2.75) is 39.3 Å². The Morgan fingerprint density at radius 1 is 1.22 bits per heavy atom. The third-order valence-corrected chi connectivity index (χ3v) is 3.93. The highest BCUT2D eigenvalue weighted by atomic mass is 16.6. The quantitative estimate of drug-likeness (QED) is 0.799. The molecule has 0 saturated carbocycles. The summed E-state index contributed by atoms with van der Waals surface area (Å²) < 4.78 is 10.4. The van der Waals surface area contributed by atoms with Crippen LogP contribution < -0.4 is 4.90 Å². The Morgan fingerprint density at radius 3 is 2.65 bits per heavy atom. The van der Waals surface area contributed by atoms with Gasteiger partial charge in [-0.3, -0.25) is 4.90 Å². The van der Waals surface area contributed by atoms with Crippen molar-refractivity contribution < 1.29 is 19.1 Å². The molecule has 0 unspecified atom stereocenters. The van der Waals surface area contributed by atoms with Crippen molar-refractivity contribution in [2.75, 3.05) is 24.6 Å². The molecule has 0 radical (unpaired) electrons. The van der Waals surface area contributed by atoms with Gasteiger partial charge in [0.1, 0.15) is 12.2 Å². The molecular weight excluding hydrogens is 296 g/mol. The van der Waals surface area contributed by atoms with E-state index in [0.717, 1.165) is 17.7 Å². The number of amides is 2. The Morgan fingerprint density at radius 2 is 2.00 bits per heavy atom. The van der Waals surface area contributed by atoms with Crippen LogP contribution in [0.5, 0.6) is 0 Å². The van der Waals surface area contributed by atoms with Crippen LogP contribution in [0.15, 0.2) is 18.2 Å². The molecule has 0 aromatic heterocycles. The molecule has 6 nitrogen and oxygen atoms in total. The minimum atomic E-state index is -0.501. The number of fused-ring (bicyclic) bond motifs is 1. The summed E-state index contributed by atoms with van der Waals surface area (Å²) >= 11 is 0. The molecule has 1 fully saturated rings. The van der Waals surface area contributed by atoms with Gasteiger partial charge in [-0.25, -0.2) is 9.59 Å². The second-order valence-electron chi connectivity index (χ2n) is 6.87. The highest BCUT2D eigenvalue weighted by Gasteiger charge is 2.28. The van der Waals surface area contributed by atoms with Crippen LogP contribution in [-0.2, 0) is 22.4 Å². The van der Waals surface area contributed by atoms with Crippen LogP contribution in [0.1, 0.15) is 31.9 Å². The number of rotatable bonds is 1. The van der Waals surface area contributed by atoms with Gasteiger partial charge in [0, 0.05) is 18.8 Å². The number of nitrogens with zero attached hydrogens (tertiary/aromatic N) is 2. The van der Waals surface area contributed by atoms with Crippen LogP contribution >= 0.6 is 0 Å². The molecule has 3 rings (SSSR count). The Bertz CT molecular complexity index is 636. The minimum Gasteiger partial charge on any atom is -0.447 e. The molecule has 23 heavy (non-hydrogen) atoms. The molecule has 0 N–H and O–H groups in total. The number of cyclic esters (lactones) is 1. The molecule has 6 heteroatoms. The summed E-state index contributed by atoms with van der Waals surface area (Å²) in [6, 6.07) is 5.94. The smallest absolute Gasteiger partial charge is 0.414 e. The summed E-state index contributed by atoms with van der Waals surface area (Å²) in [4.78, 5) is 27.3. The fourth-order valence-corrected chi connectivity index (χ4v) is 2.82. The van der Waals surface area contributed by atoms with Crippen LogP contribution in [0.2, 0.25) is 0 Å². The first-order valence-electron chi connectivity index (χ1n) is 7.87. The van der Waals surface area contributed by atoms with Gasteiger partial charge >= 0.3 is 12.2 Å². The standard InChI is InChI=1S/C17H22N2O4/c1-17(2,3)23-15(20)18-7-6-12-4-5-14(10-13(12)11-18)19-8-9-22-16(19)21/h4-5,10H,6-9,11H2,1-3H3. The van der Waals surface area contributed by atoms with E-state index < -0.39 is 5.60 Å². The molecule has 0 atom stereocenters. The molecule has 0 spiro atoms. The molecular formula is C17H22N2O4. The molecule has 124 valence electrons. The fourth-order valence-electron chi connectivity index (χ4n) is 2.82. The van der Waals surface area contributed by atoms with E-state index in [4.69, 9.17) is 9.47 Å². The number of anilines is 1. The normalized spacial score (nSPS) is 17.8. The first-order valence-corrected chi connectivity index (χ1v) is 7.87. The van der Waals surface area contributed by atoms with Crippen molar-refractivity contribution in [3.8, 4) is 0 Å². The van der Waals surface area contributed by atoms with E-state index in [1.165, 1.54) is 5.56 Å². The van der Waals surface area contributed by atoms with E-state index in [1.807, 2.05) is 39.0 Å². The number of carbonyl (C=O) groups is 2. The number of benzene rings is 1. The molecule has 1 aromatic carbocycles. The van der Waals surface area contributed by atoms with E-state index >= 15 is 0 Å². The van der Waals surface area contributed by atoms with Crippen LogP contribution in [0.25, 0.3) is 0 Å². The maximum Gasteiger partial charge on any atom is 0.414 e. The molecule has 2 aliphatic rings. The summed E-state index contributed by atoms with van der Waals surface area (Å²) in [5.74, 6) is 0. The van der Waals surface area contributed by atoms with Crippen LogP contribution in [0, 0.1) is 0 Å². The summed E-state index contributed by atoms with van der Waals surface area (Å²) in [5, 5.41) is 0. The van der Waals surface area contributed by atoms with Crippen molar-refractivity contribution in [3.05, 3.63) is 29.3 Å². The molecule has 2 heterocycles. The Balaban J connectivity index is 1.76. The van der Waals surface area contributed by atoms with E-state index in [0.29, 0.717) is 26.2 Å². The maximum atomic E-state index is 12.2. The number of hydrogen-bond donors (Lipinski definition) is 0. The summed E-state index contributed by atoms with van der Waals surface area (Å²) in [6.45, 7) is 7.71. The van der Waals surface area contributed by atoms with Gasteiger partial charge in [-0.05, 0) is 50.5 Å². The lowest BCUT2D eigenvalue weighted by molar-refractivity contribution is 0.0224. The Kier molecular flexibility index (Phi) is 3.92. The van der Waals surface area contributed by atoms with Crippen LogP contribution in [-0.4, -0.2) is 42.4 Å². The van der Waals surface area contributed by atoms with Gasteiger partial charge in [0.25, 0.3) is 0 Å². The first kappa shape index (κ1) is 15.6. The molecule has 0 aliphatic carbocycles. The maximum absolute atomic E-state index is 12.2. The molecule has 1 saturated heterocycles. The van der Waals surface area contributed by atoms with E-state index in [1.54, 1.807) is 9.80 Å². The average Bonchev–Trinajstić information content (AvgIpc) is 2.90. The minimum absolute atomic E-state index is 0.297. The van der Waals surface area contributed by atoms with Gasteiger partial charge in [-0.15, -0.1) is 0 Å². The second kappa shape index (κ2) is 5.76. The summed E-state index contributed by atoms with van der Waals surface area (Å²) in [5.41, 5.74) is 2.58. The predicted molar refractivity (Wildman–Crippen MR) is 85.5 cm³/mol. The molecule has 2 aliphatic heterocycles. The van der Waals surface area contributed by atoms with Gasteiger partial charge < -0.3 is 14.4 Å². The van der Waals surface area contributed by atoms with Gasteiger partial charge in [0.15, 0.2) is 0 Å². The zero-order valence-electron chi connectivity index (χ0n) is 13.8.